The predicted molar refractivity (Wildman–Crippen MR) is 103 cm³/mol. The summed E-state index contributed by atoms with van der Waals surface area (Å²) in [6.07, 6.45) is 0. The number of anilines is 2. The lowest BCUT2D eigenvalue weighted by Crippen LogP contribution is -2.22. The van der Waals surface area contributed by atoms with Crippen molar-refractivity contribution in [2.45, 2.75) is 19.6 Å². The van der Waals surface area contributed by atoms with Gasteiger partial charge in [-0.3, -0.25) is 26.3 Å². The molecule has 26 heavy (non-hydrogen) atoms. The second-order valence-corrected chi connectivity index (χ2v) is 6.25. The number of rotatable bonds is 8. The molecule has 0 fully saturated rings. The molecule has 3 aromatic rings. The van der Waals surface area contributed by atoms with Crippen LogP contribution in [0.5, 0.6) is 0 Å². The monoisotopic (exact) mass is 349 g/mol. The fraction of sp³-hybridized carbons (Fsp3) is 0.143. The van der Waals surface area contributed by atoms with Gasteiger partial charge in [0, 0.05) is 19.6 Å². The van der Waals surface area contributed by atoms with Gasteiger partial charge in [-0.2, -0.15) is 0 Å². The van der Waals surface area contributed by atoms with Gasteiger partial charge in [0.15, 0.2) is 0 Å². The van der Waals surface area contributed by atoms with Crippen LogP contribution in [0.2, 0.25) is 0 Å². The van der Waals surface area contributed by atoms with Crippen molar-refractivity contribution in [3.8, 4) is 0 Å². The van der Waals surface area contributed by atoms with Crippen molar-refractivity contribution >= 4 is 11.4 Å². The Bertz CT molecular complexity index is 740. The highest BCUT2D eigenvalue weighted by molar-refractivity contribution is 5.43. The summed E-state index contributed by atoms with van der Waals surface area (Å²) in [5.41, 5.74) is 9.28. The van der Waals surface area contributed by atoms with Gasteiger partial charge in [-0.05, 0) is 41.0 Å². The molecule has 0 spiro atoms. The average molecular weight is 349 g/mol. The molecule has 0 saturated heterocycles. The highest BCUT2D eigenvalue weighted by Crippen LogP contribution is 2.17. The fourth-order valence-electron chi connectivity index (χ4n) is 2.90. The van der Waals surface area contributed by atoms with Gasteiger partial charge in [-0.15, -0.1) is 0 Å². The minimum absolute atomic E-state index is 0.676. The summed E-state index contributed by atoms with van der Waals surface area (Å²) in [5, 5.41) is 17.9. The number of hydrogen-bond acceptors (Lipinski definition) is 5. The van der Waals surface area contributed by atoms with E-state index in [0.29, 0.717) is 11.4 Å². The normalized spacial score (nSPS) is 10.7. The molecular formula is C21H23N3O2. The molecule has 0 amide bonds. The van der Waals surface area contributed by atoms with Crippen LogP contribution in [0.15, 0.2) is 78.9 Å². The van der Waals surface area contributed by atoms with Crippen molar-refractivity contribution in [1.82, 2.24) is 4.90 Å². The summed E-state index contributed by atoms with van der Waals surface area (Å²) >= 11 is 0. The number of nitrogens with zero attached hydrogens (tertiary/aromatic N) is 1. The average Bonchev–Trinajstić information content (AvgIpc) is 2.70. The number of benzene rings is 3. The van der Waals surface area contributed by atoms with E-state index in [-0.39, 0.29) is 0 Å². The summed E-state index contributed by atoms with van der Waals surface area (Å²) in [5.74, 6) is 0. The molecule has 0 heterocycles. The van der Waals surface area contributed by atoms with Crippen molar-refractivity contribution < 1.29 is 10.4 Å². The second kappa shape index (κ2) is 9.01. The Morgan fingerprint density at radius 2 is 0.923 bits per heavy atom. The van der Waals surface area contributed by atoms with Gasteiger partial charge in [0.2, 0.25) is 0 Å². The van der Waals surface area contributed by atoms with E-state index in [4.69, 9.17) is 10.4 Å². The summed E-state index contributed by atoms with van der Waals surface area (Å²) in [6.45, 7) is 2.42. The van der Waals surface area contributed by atoms with Crippen LogP contribution in [0.25, 0.3) is 0 Å². The van der Waals surface area contributed by atoms with Gasteiger partial charge < -0.3 is 0 Å². The molecule has 0 unspecified atom stereocenters. The predicted octanol–water partition coefficient (Wildman–Crippen LogP) is 4.49. The van der Waals surface area contributed by atoms with Gasteiger partial charge >= 0.3 is 0 Å². The second-order valence-electron chi connectivity index (χ2n) is 6.25. The first kappa shape index (κ1) is 17.9. The Morgan fingerprint density at radius 3 is 1.31 bits per heavy atom. The van der Waals surface area contributed by atoms with Crippen molar-refractivity contribution in [1.29, 1.82) is 0 Å². The standard InChI is InChI=1S/C21H23N3O2/c25-22-20-10-6-18(7-11-20)15-24(14-17-4-2-1-3-5-17)16-19-8-12-21(23-26)13-9-19/h1-13,22-23,25-26H,14-16H2. The SMILES string of the molecule is ONc1ccc(CN(Cc2ccccc2)Cc2ccc(NO)cc2)cc1. The van der Waals surface area contributed by atoms with Gasteiger partial charge in [-0.25, -0.2) is 0 Å². The third-order valence-electron chi connectivity index (χ3n) is 4.23. The van der Waals surface area contributed by atoms with Crippen LogP contribution in [0.4, 0.5) is 11.4 Å². The third-order valence-corrected chi connectivity index (χ3v) is 4.23. The molecule has 3 rings (SSSR count). The van der Waals surface area contributed by atoms with E-state index in [2.05, 4.69) is 40.1 Å². The van der Waals surface area contributed by atoms with Gasteiger partial charge in [-0.1, -0.05) is 54.6 Å². The van der Waals surface area contributed by atoms with Gasteiger partial charge in [0.05, 0.1) is 11.4 Å². The van der Waals surface area contributed by atoms with Gasteiger partial charge in [0.25, 0.3) is 0 Å². The van der Waals surface area contributed by atoms with Crippen LogP contribution >= 0.6 is 0 Å². The largest absolute Gasteiger partial charge is 0.291 e. The lowest BCUT2D eigenvalue weighted by molar-refractivity contribution is 0.247. The zero-order chi connectivity index (χ0) is 18.2. The zero-order valence-corrected chi connectivity index (χ0v) is 14.5. The van der Waals surface area contributed by atoms with E-state index < -0.39 is 0 Å². The maximum atomic E-state index is 8.96. The van der Waals surface area contributed by atoms with E-state index in [1.54, 1.807) is 0 Å². The molecule has 0 saturated carbocycles. The lowest BCUT2D eigenvalue weighted by Gasteiger charge is -2.23. The van der Waals surface area contributed by atoms with E-state index in [9.17, 15) is 0 Å². The van der Waals surface area contributed by atoms with E-state index >= 15 is 0 Å². The molecule has 5 nitrogen and oxygen atoms in total. The maximum absolute atomic E-state index is 8.96. The van der Waals surface area contributed by atoms with Crippen LogP contribution in [0, 0.1) is 0 Å². The van der Waals surface area contributed by atoms with E-state index in [1.807, 2.05) is 54.6 Å². The molecule has 3 aromatic carbocycles. The van der Waals surface area contributed by atoms with Crippen LogP contribution in [-0.2, 0) is 19.6 Å². The molecule has 134 valence electrons. The third kappa shape index (κ3) is 5.07. The molecule has 0 atom stereocenters. The summed E-state index contributed by atoms with van der Waals surface area (Å²) in [7, 11) is 0. The first-order valence-corrected chi connectivity index (χ1v) is 8.51. The van der Waals surface area contributed by atoms with Crippen LogP contribution in [0.1, 0.15) is 16.7 Å². The number of hydrogen-bond donors (Lipinski definition) is 4. The number of nitrogens with one attached hydrogen (secondary N) is 2. The van der Waals surface area contributed by atoms with Gasteiger partial charge in [0.1, 0.15) is 0 Å². The maximum Gasteiger partial charge on any atom is 0.0602 e. The Hall–Kier alpha value is -2.86. The quantitative estimate of drug-likeness (QED) is 0.451. The Morgan fingerprint density at radius 1 is 0.538 bits per heavy atom. The van der Waals surface area contributed by atoms with Crippen molar-refractivity contribution in [3.05, 3.63) is 95.6 Å². The first-order valence-electron chi connectivity index (χ1n) is 8.51. The highest BCUT2D eigenvalue weighted by atomic mass is 16.5. The van der Waals surface area contributed by atoms with Crippen LogP contribution < -0.4 is 11.0 Å². The molecule has 5 heteroatoms. The van der Waals surface area contributed by atoms with Crippen molar-refractivity contribution in [3.63, 3.8) is 0 Å². The minimum Gasteiger partial charge on any atom is -0.291 e. The Balaban J connectivity index is 1.75. The molecular weight excluding hydrogens is 326 g/mol. The molecule has 0 bridgehead atoms. The summed E-state index contributed by atoms with van der Waals surface area (Å²) < 4.78 is 0. The Labute approximate surface area is 153 Å². The summed E-state index contributed by atoms with van der Waals surface area (Å²) in [4.78, 5) is 2.36. The molecule has 0 aromatic heterocycles. The van der Waals surface area contributed by atoms with Crippen LogP contribution in [-0.4, -0.2) is 15.3 Å². The topological polar surface area (TPSA) is 67.8 Å². The molecule has 4 N–H and O–H groups in total. The molecule has 0 aliphatic heterocycles. The molecule has 0 aliphatic rings. The Kier molecular flexibility index (Phi) is 6.22. The van der Waals surface area contributed by atoms with E-state index in [1.165, 1.54) is 16.7 Å². The highest BCUT2D eigenvalue weighted by Gasteiger charge is 2.09. The zero-order valence-electron chi connectivity index (χ0n) is 14.5. The van der Waals surface area contributed by atoms with E-state index in [0.717, 1.165) is 19.6 Å². The van der Waals surface area contributed by atoms with Crippen LogP contribution in [0.3, 0.4) is 0 Å². The summed E-state index contributed by atoms with van der Waals surface area (Å²) in [6, 6.07) is 25.9. The minimum atomic E-state index is 0.676. The van der Waals surface area contributed by atoms with Crippen molar-refractivity contribution in [2.75, 3.05) is 11.0 Å². The lowest BCUT2D eigenvalue weighted by atomic mass is 10.1. The van der Waals surface area contributed by atoms with Crippen molar-refractivity contribution in [2.24, 2.45) is 0 Å². The molecule has 0 radical (unpaired) electrons. The first-order chi connectivity index (χ1) is 12.8. The fourth-order valence-corrected chi connectivity index (χ4v) is 2.90. The molecule has 0 aliphatic carbocycles. The smallest absolute Gasteiger partial charge is 0.0602 e.